The summed E-state index contributed by atoms with van der Waals surface area (Å²) in [6.45, 7) is 4.72. The second-order valence-electron chi connectivity index (χ2n) is 5.53. The van der Waals surface area contributed by atoms with Crippen molar-refractivity contribution in [3.8, 4) is 0 Å². The van der Waals surface area contributed by atoms with E-state index in [9.17, 15) is 0 Å². The normalized spacial score (nSPS) is 35.8. The number of thiol groups is 1. The topological polar surface area (TPSA) is 0 Å². The predicted molar refractivity (Wildman–Crippen MR) is 72.7 cm³/mol. The molecule has 1 rings (SSSR count). The molecule has 0 aliphatic heterocycles. The van der Waals surface area contributed by atoms with E-state index in [2.05, 4.69) is 13.8 Å². The maximum atomic E-state index is 4.93. The summed E-state index contributed by atoms with van der Waals surface area (Å²) in [7, 11) is 0. The molecule has 0 radical (unpaired) electrons. The quantitative estimate of drug-likeness (QED) is 0.584. The van der Waals surface area contributed by atoms with Crippen molar-refractivity contribution in [3.63, 3.8) is 0 Å². The van der Waals surface area contributed by atoms with Crippen LogP contribution in [0.5, 0.6) is 0 Å². The fourth-order valence-electron chi connectivity index (χ4n) is 2.62. The number of hydrogen-bond donors (Lipinski definition) is 1. The summed E-state index contributed by atoms with van der Waals surface area (Å²) in [6, 6.07) is 0. The summed E-state index contributed by atoms with van der Waals surface area (Å²) >= 11 is 4.93. The van der Waals surface area contributed by atoms with Crippen LogP contribution in [0.4, 0.5) is 0 Å². The predicted octanol–water partition coefficient (Wildman–Crippen LogP) is 5.23. The monoisotopic (exact) mass is 228 g/mol. The molecule has 0 saturated heterocycles. The van der Waals surface area contributed by atoms with E-state index in [1.807, 2.05) is 0 Å². The Kier molecular flexibility index (Phi) is 6.11. The fourth-order valence-corrected chi connectivity index (χ4v) is 2.90. The highest BCUT2D eigenvalue weighted by atomic mass is 32.1. The molecule has 0 aromatic carbocycles. The van der Waals surface area contributed by atoms with Crippen LogP contribution in [-0.4, -0.2) is 4.75 Å². The van der Waals surface area contributed by atoms with Gasteiger partial charge in [-0.15, -0.1) is 0 Å². The first-order valence-electron chi connectivity index (χ1n) is 6.89. The van der Waals surface area contributed by atoms with Gasteiger partial charge >= 0.3 is 0 Å². The van der Waals surface area contributed by atoms with Gasteiger partial charge in [0.2, 0.25) is 0 Å². The van der Waals surface area contributed by atoms with Gasteiger partial charge in [0.15, 0.2) is 0 Å². The van der Waals surface area contributed by atoms with Gasteiger partial charge in [-0.1, -0.05) is 52.4 Å². The first kappa shape index (κ1) is 13.4. The second kappa shape index (κ2) is 6.83. The van der Waals surface area contributed by atoms with Crippen molar-refractivity contribution in [2.75, 3.05) is 0 Å². The van der Waals surface area contributed by atoms with Crippen LogP contribution in [0, 0.1) is 5.92 Å². The van der Waals surface area contributed by atoms with Crippen molar-refractivity contribution in [2.24, 2.45) is 5.92 Å². The smallest absolute Gasteiger partial charge is 0.0127 e. The SMILES string of the molecule is CCC1(S)CCCCCCCC(C)CC1. The molecular weight excluding hydrogens is 200 g/mol. The van der Waals surface area contributed by atoms with E-state index in [0.717, 1.165) is 5.92 Å². The second-order valence-corrected chi connectivity index (χ2v) is 6.48. The van der Waals surface area contributed by atoms with Crippen LogP contribution in [-0.2, 0) is 0 Å². The summed E-state index contributed by atoms with van der Waals surface area (Å²) in [5.74, 6) is 0.918. The van der Waals surface area contributed by atoms with E-state index in [1.54, 1.807) is 0 Å². The fraction of sp³-hybridized carbons (Fsp3) is 1.00. The lowest BCUT2D eigenvalue weighted by Gasteiger charge is -2.28. The van der Waals surface area contributed by atoms with Gasteiger partial charge in [-0.25, -0.2) is 0 Å². The van der Waals surface area contributed by atoms with Crippen molar-refractivity contribution in [1.82, 2.24) is 0 Å². The summed E-state index contributed by atoms with van der Waals surface area (Å²) < 4.78 is 0.346. The Hall–Kier alpha value is 0.350. The van der Waals surface area contributed by atoms with Crippen LogP contribution in [0.15, 0.2) is 0 Å². The molecule has 0 bridgehead atoms. The third-order valence-electron chi connectivity index (χ3n) is 4.10. The first-order chi connectivity index (χ1) is 7.16. The van der Waals surface area contributed by atoms with E-state index in [1.165, 1.54) is 64.2 Å². The van der Waals surface area contributed by atoms with Crippen molar-refractivity contribution < 1.29 is 0 Å². The van der Waals surface area contributed by atoms with Gasteiger partial charge in [-0.2, -0.15) is 12.6 Å². The van der Waals surface area contributed by atoms with Crippen molar-refractivity contribution in [2.45, 2.75) is 82.8 Å². The average molecular weight is 228 g/mol. The molecule has 1 fully saturated rings. The lowest BCUT2D eigenvalue weighted by molar-refractivity contribution is 0.397. The molecule has 0 heterocycles. The molecule has 2 unspecified atom stereocenters. The Labute approximate surface area is 102 Å². The maximum absolute atomic E-state index is 4.93. The summed E-state index contributed by atoms with van der Waals surface area (Å²) in [5.41, 5.74) is 0. The minimum atomic E-state index is 0.346. The summed E-state index contributed by atoms with van der Waals surface area (Å²) in [5, 5.41) is 0. The number of hydrogen-bond acceptors (Lipinski definition) is 1. The van der Waals surface area contributed by atoms with E-state index in [4.69, 9.17) is 12.6 Å². The van der Waals surface area contributed by atoms with Gasteiger partial charge < -0.3 is 0 Å². The zero-order valence-electron chi connectivity index (χ0n) is 10.6. The van der Waals surface area contributed by atoms with Crippen LogP contribution in [0.25, 0.3) is 0 Å². The van der Waals surface area contributed by atoms with Gasteiger partial charge in [0.25, 0.3) is 0 Å². The Balaban J connectivity index is 2.45. The van der Waals surface area contributed by atoms with Gasteiger partial charge in [-0.3, -0.25) is 0 Å². The Bertz CT molecular complexity index is 167. The zero-order chi connectivity index (χ0) is 11.1. The zero-order valence-corrected chi connectivity index (χ0v) is 11.5. The molecule has 1 saturated carbocycles. The van der Waals surface area contributed by atoms with Crippen LogP contribution in [0.1, 0.15) is 78.1 Å². The molecule has 0 spiro atoms. The van der Waals surface area contributed by atoms with Crippen molar-refractivity contribution in [1.29, 1.82) is 0 Å². The molecule has 0 aromatic heterocycles. The van der Waals surface area contributed by atoms with Gasteiger partial charge in [0.05, 0.1) is 0 Å². The van der Waals surface area contributed by atoms with Crippen LogP contribution in [0.2, 0.25) is 0 Å². The molecule has 0 N–H and O–H groups in total. The van der Waals surface area contributed by atoms with Crippen LogP contribution >= 0.6 is 12.6 Å². The Morgan fingerprint density at radius 3 is 2.40 bits per heavy atom. The molecule has 1 heteroatoms. The van der Waals surface area contributed by atoms with E-state index >= 15 is 0 Å². The number of rotatable bonds is 1. The molecule has 2 atom stereocenters. The molecule has 0 aromatic rings. The highest BCUT2D eigenvalue weighted by Crippen LogP contribution is 2.34. The van der Waals surface area contributed by atoms with Crippen molar-refractivity contribution in [3.05, 3.63) is 0 Å². The maximum Gasteiger partial charge on any atom is 0.0127 e. The third kappa shape index (κ3) is 5.29. The molecular formula is C14H28S. The molecule has 15 heavy (non-hydrogen) atoms. The van der Waals surface area contributed by atoms with E-state index in [0.29, 0.717) is 4.75 Å². The lowest BCUT2D eigenvalue weighted by atomic mass is 9.89. The summed E-state index contributed by atoms with van der Waals surface area (Å²) in [4.78, 5) is 0. The molecule has 90 valence electrons. The van der Waals surface area contributed by atoms with Gasteiger partial charge in [-0.05, 0) is 31.6 Å². The van der Waals surface area contributed by atoms with Gasteiger partial charge in [0.1, 0.15) is 0 Å². The van der Waals surface area contributed by atoms with E-state index in [-0.39, 0.29) is 0 Å². The lowest BCUT2D eigenvalue weighted by Crippen LogP contribution is -2.21. The standard InChI is InChI=1S/C14H28S/c1-3-14(15)11-8-6-4-5-7-9-13(2)10-12-14/h13,15H,3-12H2,1-2H3. The third-order valence-corrected chi connectivity index (χ3v) is 4.86. The largest absolute Gasteiger partial charge is 0.173 e. The highest BCUT2D eigenvalue weighted by molar-refractivity contribution is 7.81. The average Bonchev–Trinajstić information content (AvgIpc) is 2.27. The highest BCUT2D eigenvalue weighted by Gasteiger charge is 2.23. The Morgan fingerprint density at radius 2 is 1.67 bits per heavy atom. The molecule has 0 amide bonds. The molecule has 1 aliphatic rings. The summed E-state index contributed by atoms with van der Waals surface area (Å²) in [6.07, 6.45) is 13.9. The first-order valence-corrected chi connectivity index (χ1v) is 7.33. The van der Waals surface area contributed by atoms with Crippen LogP contribution in [0.3, 0.4) is 0 Å². The molecule has 1 aliphatic carbocycles. The minimum Gasteiger partial charge on any atom is -0.173 e. The van der Waals surface area contributed by atoms with Gasteiger partial charge in [0, 0.05) is 4.75 Å². The van der Waals surface area contributed by atoms with Crippen molar-refractivity contribution >= 4 is 12.6 Å². The van der Waals surface area contributed by atoms with E-state index < -0.39 is 0 Å². The molecule has 0 nitrogen and oxygen atoms in total. The minimum absolute atomic E-state index is 0.346. The van der Waals surface area contributed by atoms with Crippen LogP contribution < -0.4 is 0 Å². The Morgan fingerprint density at radius 1 is 1.00 bits per heavy atom.